The van der Waals surface area contributed by atoms with Crippen molar-refractivity contribution in [3.63, 3.8) is 0 Å². The maximum absolute atomic E-state index is 11.2. The first-order valence-electron chi connectivity index (χ1n) is 4.93. The van der Waals surface area contributed by atoms with Crippen molar-refractivity contribution in [1.29, 1.82) is 0 Å². The number of carboxylic acid groups (broad SMARTS) is 1. The second-order valence-electron chi connectivity index (χ2n) is 3.87. The highest BCUT2D eigenvalue weighted by molar-refractivity contribution is 9.10. The second-order valence-corrected chi connectivity index (χ2v) is 4.78. The van der Waals surface area contributed by atoms with Gasteiger partial charge in [-0.1, -0.05) is 0 Å². The van der Waals surface area contributed by atoms with E-state index in [1.165, 1.54) is 4.40 Å². The van der Waals surface area contributed by atoms with Gasteiger partial charge in [0.15, 0.2) is 5.69 Å². The standard InChI is InChI=1S/C10H8BrN3O2/c11-6-3-12-10-13-7(5-1-2-5)8(9(15)16)14(10)4-6/h3-5H,1-2H2,(H,15,16). The number of hydrogen-bond donors (Lipinski definition) is 1. The summed E-state index contributed by atoms with van der Waals surface area (Å²) in [5.41, 5.74) is 0.907. The molecule has 82 valence electrons. The number of fused-ring (bicyclic) bond motifs is 1. The Balaban J connectivity index is 2.33. The lowest BCUT2D eigenvalue weighted by Crippen LogP contribution is -2.05. The van der Waals surface area contributed by atoms with Crippen molar-refractivity contribution in [3.8, 4) is 0 Å². The summed E-state index contributed by atoms with van der Waals surface area (Å²) >= 11 is 3.27. The predicted molar refractivity (Wildman–Crippen MR) is 59.6 cm³/mol. The first-order chi connectivity index (χ1) is 7.66. The number of imidazole rings is 1. The van der Waals surface area contributed by atoms with Crippen molar-refractivity contribution in [2.75, 3.05) is 0 Å². The third kappa shape index (κ3) is 1.41. The Labute approximate surface area is 99.3 Å². The Bertz CT molecular complexity index is 589. The zero-order valence-corrected chi connectivity index (χ0v) is 9.81. The average molecular weight is 282 g/mol. The molecule has 0 bridgehead atoms. The molecule has 1 fully saturated rings. The van der Waals surface area contributed by atoms with Crippen LogP contribution < -0.4 is 0 Å². The van der Waals surface area contributed by atoms with Gasteiger partial charge in [0.1, 0.15) is 0 Å². The van der Waals surface area contributed by atoms with E-state index in [0.717, 1.165) is 17.3 Å². The van der Waals surface area contributed by atoms with Gasteiger partial charge in [0.05, 0.1) is 10.2 Å². The number of hydrogen-bond acceptors (Lipinski definition) is 3. The molecule has 2 aromatic heterocycles. The van der Waals surface area contributed by atoms with Crippen molar-refractivity contribution < 1.29 is 9.90 Å². The van der Waals surface area contributed by atoms with Gasteiger partial charge in [-0.25, -0.2) is 14.8 Å². The minimum absolute atomic E-state index is 0.242. The van der Waals surface area contributed by atoms with Gasteiger partial charge in [0.2, 0.25) is 5.78 Å². The highest BCUT2D eigenvalue weighted by Gasteiger charge is 2.32. The van der Waals surface area contributed by atoms with Crippen LogP contribution in [-0.4, -0.2) is 25.4 Å². The van der Waals surface area contributed by atoms with Crippen molar-refractivity contribution in [2.24, 2.45) is 0 Å². The topological polar surface area (TPSA) is 67.5 Å². The Morgan fingerprint density at radius 3 is 2.94 bits per heavy atom. The summed E-state index contributed by atoms with van der Waals surface area (Å²) in [6.07, 6.45) is 5.34. The van der Waals surface area contributed by atoms with Crippen molar-refractivity contribution in [3.05, 3.63) is 28.3 Å². The van der Waals surface area contributed by atoms with E-state index in [1.807, 2.05) is 0 Å². The van der Waals surface area contributed by atoms with Gasteiger partial charge in [-0.15, -0.1) is 0 Å². The molecule has 16 heavy (non-hydrogen) atoms. The molecule has 1 aliphatic carbocycles. The van der Waals surface area contributed by atoms with Crippen LogP contribution in [0.3, 0.4) is 0 Å². The summed E-state index contributed by atoms with van der Waals surface area (Å²) in [5, 5.41) is 9.22. The maximum Gasteiger partial charge on any atom is 0.354 e. The molecule has 2 aromatic rings. The zero-order chi connectivity index (χ0) is 11.3. The molecule has 0 aromatic carbocycles. The number of carboxylic acids is 1. The number of halogens is 1. The van der Waals surface area contributed by atoms with Crippen LogP contribution in [0.1, 0.15) is 34.9 Å². The number of aromatic carboxylic acids is 1. The molecule has 0 unspecified atom stereocenters. The summed E-state index contributed by atoms with van der Waals surface area (Å²) in [6, 6.07) is 0. The zero-order valence-electron chi connectivity index (χ0n) is 8.22. The number of aromatic nitrogens is 3. The van der Waals surface area contributed by atoms with Crippen LogP contribution in [-0.2, 0) is 0 Å². The van der Waals surface area contributed by atoms with E-state index in [2.05, 4.69) is 25.9 Å². The molecule has 2 heterocycles. The summed E-state index contributed by atoms with van der Waals surface area (Å²) in [5.74, 6) is -0.205. The van der Waals surface area contributed by atoms with Crippen LogP contribution in [0.25, 0.3) is 5.78 Å². The summed E-state index contributed by atoms with van der Waals surface area (Å²) in [7, 11) is 0. The largest absolute Gasteiger partial charge is 0.477 e. The molecule has 6 heteroatoms. The fourth-order valence-electron chi connectivity index (χ4n) is 1.78. The molecule has 1 N–H and O–H groups in total. The van der Waals surface area contributed by atoms with Gasteiger partial charge in [0.25, 0.3) is 0 Å². The van der Waals surface area contributed by atoms with E-state index >= 15 is 0 Å². The highest BCUT2D eigenvalue weighted by atomic mass is 79.9. The van der Waals surface area contributed by atoms with Gasteiger partial charge in [-0.3, -0.25) is 4.40 Å². The van der Waals surface area contributed by atoms with Crippen LogP contribution in [0.15, 0.2) is 16.9 Å². The molecular weight excluding hydrogens is 274 g/mol. The fourth-order valence-corrected chi connectivity index (χ4v) is 2.09. The van der Waals surface area contributed by atoms with Gasteiger partial charge < -0.3 is 5.11 Å². The van der Waals surface area contributed by atoms with Crippen LogP contribution in [0.4, 0.5) is 0 Å². The summed E-state index contributed by atoms with van der Waals surface area (Å²) in [6.45, 7) is 0. The summed E-state index contributed by atoms with van der Waals surface area (Å²) < 4.78 is 2.27. The van der Waals surface area contributed by atoms with E-state index < -0.39 is 5.97 Å². The molecule has 0 atom stereocenters. The molecule has 0 saturated heterocycles. The lowest BCUT2D eigenvalue weighted by molar-refractivity contribution is 0.0688. The average Bonchev–Trinajstić information content (AvgIpc) is 2.99. The van der Waals surface area contributed by atoms with Gasteiger partial charge >= 0.3 is 5.97 Å². The van der Waals surface area contributed by atoms with E-state index in [9.17, 15) is 9.90 Å². The first-order valence-corrected chi connectivity index (χ1v) is 5.73. The van der Waals surface area contributed by atoms with E-state index in [4.69, 9.17) is 0 Å². The van der Waals surface area contributed by atoms with Crippen LogP contribution in [0.2, 0.25) is 0 Å². The monoisotopic (exact) mass is 281 g/mol. The normalized spacial score (nSPS) is 15.6. The third-order valence-electron chi connectivity index (χ3n) is 2.64. The minimum atomic E-state index is -0.950. The molecule has 0 aliphatic heterocycles. The maximum atomic E-state index is 11.2. The molecule has 5 nitrogen and oxygen atoms in total. The molecule has 3 rings (SSSR count). The minimum Gasteiger partial charge on any atom is -0.477 e. The van der Waals surface area contributed by atoms with Gasteiger partial charge in [0, 0.05) is 18.3 Å². The van der Waals surface area contributed by atoms with Crippen molar-refractivity contribution in [2.45, 2.75) is 18.8 Å². The smallest absolute Gasteiger partial charge is 0.354 e. The lowest BCUT2D eigenvalue weighted by atomic mass is 10.2. The quantitative estimate of drug-likeness (QED) is 0.915. The van der Waals surface area contributed by atoms with Gasteiger partial charge in [-0.05, 0) is 28.8 Å². The number of rotatable bonds is 2. The van der Waals surface area contributed by atoms with Crippen LogP contribution >= 0.6 is 15.9 Å². The van der Waals surface area contributed by atoms with Crippen LogP contribution in [0.5, 0.6) is 0 Å². The Kier molecular flexibility index (Phi) is 2.00. The number of carbonyl (C=O) groups is 1. The second kappa shape index (κ2) is 3.28. The summed E-state index contributed by atoms with van der Waals surface area (Å²) in [4.78, 5) is 19.6. The number of nitrogens with zero attached hydrogens (tertiary/aromatic N) is 3. The molecule has 1 aliphatic rings. The fraction of sp³-hybridized carbons (Fsp3) is 0.300. The molecule has 1 saturated carbocycles. The van der Waals surface area contributed by atoms with Crippen molar-refractivity contribution in [1.82, 2.24) is 14.4 Å². The van der Waals surface area contributed by atoms with E-state index in [-0.39, 0.29) is 5.69 Å². The lowest BCUT2D eigenvalue weighted by Gasteiger charge is -1.98. The van der Waals surface area contributed by atoms with E-state index in [1.54, 1.807) is 12.4 Å². The first kappa shape index (κ1) is 9.77. The molecule has 0 spiro atoms. The highest BCUT2D eigenvalue weighted by Crippen LogP contribution is 2.41. The molecule has 0 radical (unpaired) electrons. The van der Waals surface area contributed by atoms with Crippen molar-refractivity contribution >= 4 is 27.7 Å². The Morgan fingerprint density at radius 2 is 2.31 bits per heavy atom. The predicted octanol–water partition coefficient (Wildman–Crippen LogP) is 2.07. The SMILES string of the molecule is O=C(O)c1c(C2CC2)nc2ncc(Br)cn12. The molecular formula is C10H8BrN3O2. The van der Waals surface area contributed by atoms with Gasteiger partial charge in [-0.2, -0.15) is 0 Å². The van der Waals surface area contributed by atoms with E-state index in [0.29, 0.717) is 17.4 Å². The molecule has 0 amide bonds. The third-order valence-corrected chi connectivity index (χ3v) is 3.05. The van der Waals surface area contributed by atoms with Crippen LogP contribution in [0, 0.1) is 0 Å². The Hall–Kier alpha value is -1.43. The Morgan fingerprint density at radius 1 is 1.56 bits per heavy atom.